The van der Waals surface area contributed by atoms with E-state index in [1.165, 1.54) is 23.3 Å². The zero-order valence-electron chi connectivity index (χ0n) is 15.5. The molecule has 4 rings (SSSR count). The Morgan fingerprint density at radius 2 is 2.00 bits per heavy atom. The molecule has 2 aromatic carbocycles. The van der Waals surface area contributed by atoms with Gasteiger partial charge in [0.05, 0.1) is 6.04 Å². The fourth-order valence-electron chi connectivity index (χ4n) is 4.23. The van der Waals surface area contributed by atoms with Gasteiger partial charge in [-0.05, 0) is 61.2 Å². The highest BCUT2D eigenvalue weighted by atomic mass is 19.1. The van der Waals surface area contributed by atoms with Crippen LogP contribution >= 0.6 is 0 Å². The van der Waals surface area contributed by atoms with Crippen molar-refractivity contribution in [2.75, 3.05) is 19.6 Å². The third kappa shape index (κ3) is 4.20. The number of amides is 1. The smallest absolute Gasteiger partial charge is 0.237 e. The van der Waals surface area contributed by atoms with Gasteiger partial charge in [-0.1, -0.05) is 36.4 Å². The number of nitrogens with one attached hydrogen (secondary N) is 2. The predicted octanol–water partition coefficient (Wildman–Crippen LogP) is 2.79. The minimum atomic E-state index is -0.227. The van der Waals surface area contributed by atoms with Crippen LogP contribution in [0, 0.1) is 5.82 Å². The fraction of sp³-hybridized carbons (Fsp3) is 0.409. The van der Waals surface area contributed by atoms with Crippen molar-refractivity contribution >= 4 is 5.91 Å². The van der Waals surface area contributed by atoms with Crippen LogP contribution in [0.1, 0.15) is 35.6 Å². The lowest BCUT2D eigenvalue weighted by Crippen LogP contribution is -2.46. The Balaban J connectivity index is 1.36. The van der Waals surface area contributed by atoms with Crippen LogP contribution in [0.3, 0.4) is 0 Å². The molecule has 5 heteroatoms. The van der Waals surface area contributed by atoms with Crippen molar-refractivity contribution in [2.24, 2.45) is 0 Å². The molecule has 4 nitrogen and oxygen atoms in total. The first-order chi connectivity index (χ1) is 13.2. The van der Waals surface area contributed by atoms with Gasteiger partial charge in [0.15, 0.2) is 0 Å². The third-order valence-corrected chi connectivity index (χ3v) is 5.66. The predicted molar refractivity (Wildman–Crippen MR) is 104 cm³/mol. The molecule has 1 fully saturated rings. The normalized spacial score (nSPS) is 22.4. The van der Waals surface area contributed by atoms with Gasteiger partial charge in [0, 0.05) is 19.1 Å². The van der Waals surface area contributed by atoms with E-state index in [0.29, 0.717) is 13.1 Å². The number of nitrogens with zero attached hydrogens (tertiary/aromatic N) is 1. The summed E-state index contributed by atoms with van der Waals surface area (Å²) >= 11 is 0. The lowest BCUT2D eigenvalue weighted by Gasteiger charge is -2.29. The standard InChI is InChI=1S/C22H26FN3O/c23-18-9-7-16(8-10-18)15-26-13-3-6-21(26)22(27)25-14-20-19-5-2-1-4-17(19)11-12-24-20/h1-2,4-5,7-10,20-21,24H,3,6,11-15H2,(H,25,27). The number of carbonyl (C=O) groups excluding carboxylic acids is 1. The maximum atomic E-state index is 13.1. The number of halogens is 1. The molecule has 2 aromatic rings. The van der Waals surface area contributed by atoms with Gasteiger partial charge in [0.2, 0.25) is 5.91 Å². The Morgan fingerprint density at radius 3 is 2.85 bits per heavy atom. The first-order valence-corrected chi connectivity index (χ1v) is 9.78. The van der Waals surface area contributed by atoms with Crippen LogP contribution in [0.4, 0.5) is 4.39 Å². The third-order valence-electron chi connectivity index (χ3n) is 5.66. The van der Waals surface area contributed by atoms with Gasteiger partial charge < -0.3 is 10.6 Å². The Hall–Kier alpha value is -2.24. The molecule has 2 heterocycles. The summed E-state index contributed by atoms with van der Waals surface area (Å²) in [6.07, 6.45) is 2.93. The number of hydrogen-bond donors (Lipinski definition) is 2. The molecule has 142 valence electrons. The first-order valence-electron chi connectivity index (χ1n) is 9.78. The van der Waals surface area contributed by atoms with Crippen molar-refractivity contribution in [2.45, 2.75) is 37.9 Å². The Labute approximate surface area is 159 Å². The van der Waals surface area contributed by atoms with Gasteiger partial charge in [-0.25, -0.2) is 4.39 Å². The minimum Gasteiger partial charge on any atom is -0.353 e. The Kier molecular flexibility index (Phi) is 5.50. The highest BCUT2D eigenvalue weighted by Gasteiger charge is 2.31. The maximum Gasteiger partial charge on any atom is 0.237 e. The van der Waals surface area contributed by atoms with Crippen molar-refractivity contribution in [3.05, 3.63) is 71.0 Å². The summed E-state index contributed by atoms with van der Waals surface area (Å²) in [6, 6.07) is 15.1. The quantitative estimate of drug-likeness (QED) is 0.854. The zero-order valence-corrected chi connectivity index (χ0v) is 15.5. The Bertz CT molecular complexity index is 792. The van der Waals surface area contributed by atoms with Gasteiger partial charge in [-0.2, -0.15) is 0 Å². The van der Waals surface area contributed by atoms with Crippen LogP contribution in [0.5, 0.6) is 0 Å². The van der Waals surface area contributed by atoms with E-state index in [9.17, 15) is 9.18 Å². The second kappa shape index (κ2) is 8.19. The molecular formula is C22H26FN3O. The monoisotopic (exact) mass is 367 g/mol. The SMILES string of the molecule is O=C(NCC1NCCc2ccccc21)C1CCCN1Cc1ccc(F)cc1. The van der Waals surface area contributed by atoms with E-state index < -0.39 is 0 Å². The van der Waals surface area contributed by atoms with Crippen molar-refractivity contribution in [1.82, 2.24) is 15.5 Å². The number of hydrogen-bond acceptors (Lipinski definition) is 3. The largest absolute Gasteiger partial charge is 0.353 e. The number of fused-ring (bicyclic) bond motifs is 1. The highest BCUT2D eigenvalue weighted by Crippen LogP contribution is 2.23. The summed E-state index contributed by atoms with van der Waals surface area (Å²) in [5.74, 6) is -0.130. The van der Waals surface area contributed by atoms with E-state index in [4.69, 9.17) is 0 Å². The van der Waals surface area contributed by atoms with Crippen LogP contribution in [-0.4, -0.2) is 36.5 Å². The number of benzene rings is 2. The van der Waals surface area contributed by atoms with E-state index in [1.807, 2.05) is 0 Å². The van der Waals surface area contributed by atoms with Gasteiger partial charge in [-0.15, -0.1) is 0 Å². The van der Waals surface area contributed by atoms with E-state index in [2.05, 4.69) is 39.8 Å². The molecule has 0 spiro atoms. The van der Waals surface area contributed by atoms with Crippen LogP contribution < -0.4 is 10.6 Å². The second-order valence-corrected chi connectivity index (χ2v) is 7.46. The second-order valence-electron chi connectivity index (χ2n) is 7.46. The molecule has 0 bridgehead atoms. The summed E-state index contributed by atoms with van der Waals surface area (Å²) in [7, 11) is 0. The molecule has 1 saturated heterocycles. The fourth-order valence-corrected chi connectivity index (χ4v) is 4.23. The number of likely N-dealkylation sites (tertiary alicyclic amines) is 1. The van der Waals surface area contributed by atoms with Crippen molar-refractivity contribution in [3.63, 3.8) is 0 Å². The van der Waals surface area contributed by atoms with Gasteiger partial charge in [0.1, 0.15) is 5.82 Å². The molecule has 2 N–H and O–H groups in total. The molecule has 2 aliphatic rings. The number of carbonyl (C=O) groups is 1. The molecule has 0 saturated carbocycles. The summed E-state index contributed by atoms with van der Waals surface area (Å²) in [4.78, 5) is 15.0. The van der Waals surface area contributed by atoms with E-state index in [0.717, 1.165) is 37.9 Å². The Morgan fingerprint density at radius 1 is 1.19 bits per heavy atom. The van der Waals surface area contributed by atoms with Crippen molar-refractivity contribution in [1.29, 1.82) is 0 Å². The van der Waals surface area contributed by atoms with Crippen molar-refractivity contribution < 1.29 is 9.18 Å². The average molecular weight is 367 g/mol. The van der Waals surface area contributed by atoms with Crippen molar-refractivity contribution in [3.8, 4) is 0 Å². The van der Waals surface area contributed by atoms with E-state index in [1.54, 1.807) is 12.1 Å². The summed E-state index contributed by atoms with van der Waals surface area (Å²) in [5, 5.41) is 6.67. The van der Waals surface area contributed by atoms with E-state index in [-0.39, 0.29) is 23.8 Å². The lowest BCUT2D eigenvalue weighted by molar-refractivity contribution is -0.125. The van der Waals surface area contributed by atoms with Crippen LogP contribution in [0.15, 0.2) is 48.5 Å². The summed E-state index contributed by atoms with van der Waals surface area (Å²) in [6.45, 7) is 3.14. The molecule has 0 radical (unpaired) electrons. The van der Waals surface area contributed by atoms with Gasteiger partial charge in [0.25, 0.3) is 0 Å². The highest BCUT2D eigenvalue weighted by molar-refractivity contribution is 5.82. The first kappa shape index (κ1) is 18.1. The number of rotatable bonds is 5. The molecule has 0 aromatic heterocycles. The van der Waals surface area contributed by atoms with Crippen LogP contribution in [0.2, 0.25) is 0 Å². The average Bonchev–Trinajstić information content (AvgIpc) is 3.16. The molecule has 27 heavy (non-hydrogen) atoms. The maximum absolute atomic E-state index is 13.1. The van der Waals surface area contributed by atoms with E-state index >= 15 is 0 Å². The molecule has 1 amide bonds. The van der Waals surface area contributed by atoms with Crippen LogP contribution in [-0.2, 0) is 17.8 Å². The zero-order chi connectivity index (χ0) is 18.6. The van der Waals surface area contributed by atoms with Gasteiger partial charge >= 0.3 is 0 Å². The minimum absolute atomic E-state index is 0.0967. The topological polar surface area (TPSA) is 44.4 Å². The molecule has 2 aliphatic heterocycles. The molecule has 0 aliphatic carbocycles. The van der Waals surface area contributed by atoms with Crippen LogP contribution in [0.25, 0.3) is 0 Å². The molecule has 2 unspecified atom stereocenters. The lowest BCUT2D eigenvalue weighted by atomic mass is 9.94. The summed E-state index contributed by atoms with van der Waals surface area (Å²) < 4.78 is 13.1. The molecular weight excluding hydrogens is 341 g/mol. The summed E-state index contributed by atoms with van der Waals surface area (Å²) in [5.41, 5.74) is 3.70. The van der Waals surface area contributed by atoms with Gasteiger partial charge in [-0.3, -0.25) is 9.69 Å². The molecule has 2 atom stereocenters.